The first-order chi connectivity index (χ1) is 7.84. The summed E-state index contributed by atoms with van der Waals surface area (Å²) in [5.74, 6) is -0.326. The highest BCUT2D eigenvalue weighted by molar-refractivity contribution is 5.21. The van der Waals surface area contributed by atoms with Crippen LogP contribution in [-0.2, 0) is 6.42 Å². The van der Waals surface area contributed by atoms with Gasteiger partial charge >= 0.3 is 0 Å². The van der Waals surface area contributed by atoms with Crippen molar-refractivity contribution in [2.45, 2.75) is 39.2 Å². The molecule has 2 nitrogen and oxygen atoms in total. The molecule has 1 rings (SSSR count). The number of aliphatic hydroxyl groups is 1. The van der Waals surface area contributed by atoms with Gasteiger partial charge in [-0.15, -0.1) is 0 Å². The van der Waals surface area contributed by atoms with Gasteiger partial charge in [0.2, 0.25) is 0 Å². The second-order valence-electron chi connectivity index (χ2n) is 4.88. The third-order valence-corrected chi connectivity index (χ3v) is 3.58. The van der Waals surface area contributed by atoms with Gasteiger partial charge in [-0.25, -0.2) is 4.39 Å². The number of nitrogens with zero attached hydrogens (tertiary/aromatic N) is 1. The Hall–Kier alpha value is -1.40. The van der Waals surface area contributed by atoms with Crippen molar-refractivity contribution in [2.24, 2.45) is 5.41 Å². The molecule has 92 valence electrons. The first-order valence-electron chi connectivity index (χ1n) is 5.73. The minimum absolute atomic E-state index is 0.267. The molecule has 0 heterocycles. The van der Waals surface area contributed by atoms with E-state index in [0.29, 0.717) is 12.0 Å². The van der Waals surface area contributed by atoms with Crippen LogP contribution < -0.4 is 0 Å². The summed E-state index contributed by atoms with van der Waals surface area (Å²) < 4.78 is 13.1. The van der Waals surface area contributed by atoms with Gasteiger partial charge in [0.25, 0.3) is 0 Å². The SMILES string of the molecule is CCC(C)(C#N)C(C)(O)Cc1cccc(F)c1. The molecule has 0 aliphatic carbocycles. The summed E-state index contributed by atoms with van der Waals surface area (Å²) in [6.45, 7) is 5.22. The second-order valence-corrected chi connectivity index (χ2v) is 4.88. The highest BCUT2D eigenvalue weighted by atomic mass is 19.1. The van der Waals surface area contributed by atoms with Crippen LogP contribution in [0, 0.1) is 22.6 Å². The lowest BCUT2D eigenvalue weighted by molar-refractivity contribution is -0.0318. The first-order valence-corrected chi connectivity index (χ1v) is 5.73. The van der Waals surface area contributed by atoms with Crippen LogP contribution in [0.15, 0.2) is 24.3 Å². The van der Waals surface area contributed by atoms with Crippen LogP contribution >= 0.6 is 0 Å². The molecule has 0 aliphatic rings. The molecule has 1 N–H and O–H groups in total. The smallest absolute Gasteiger partial charge is 0.123 e. The number of hydrogen-bond donors (Lipinski definition) is 1. The van der Waals surface area contributed by atoms with Gasteiger partial charge in [-0.05, 0) is 38.0 Å². The van der Waals surface area contributed by atoms with E-state index in [1.807, 2.05) is 6.92 Å². The number of halogens is 1. The summed E-state index contributed by atoms with van der Waals surface area (Å²) in [6.07, 6.45) is 0.814. The average Bonchev–Trinajstić information content (AvgIpc) is 2.27. The fourth-order valence-corrected chi connectivity index (χ4v) is 1.82. The topological polar surface area (TPSA) is 44.0 Å². The van der Waals surface area contributed by atoms with E-state index >= 15 is 0 Å². The molecule has 1 aromatic carbocycles. The standard InChI is InChI=1S/C14H18FNO/c1-4-13(2,10-16)14(3,17)9-11-6-5-7-12(15)8-11/h5-8,17H,4,9H2,1-3H3. The lowest BCUT2D eigenvalue weighted by Crippen LogP contribution is -2.44. The molecule has 0 spiro atoms. The van der Waals surface area contributed by atoms with E-state index in [1.165, 1.54) is 12.1 Å². The molecule has 0 bridgehead atoms. The van der Waals surface area contributed by atoms with E-state index in [-0.39, 0.29) is 12.2 Å². The minimum atomic E-state index is -1.18. The van der Waals surface area contributed by atoms with Crippen molar-refractivity contribution in [3.63, 3.8) is 0 Å². The van der Waals surface area contributed by atoms with Crippen LogP contribution in [-0.4, -0.2) is 10.7 Å². The Kier molecular flexibility index (Phi) is 3.90. The lowest BCUT2D eigenvalue weighted by atomic mass is 9.71. The van der Waals surface area contributed by atoms with Gasteiger partial charge in [0, 0.05) is 6.42 Å². The quantitative estimate of drug-likeness (QED) is 0.871. The Bertz CT molecular complexity index is 436. The van der Waals surface area contributed by atoms with Crippen molar-refractivity contribution in [3.05, 3.63) is 35.6 Å². The normalized spacial score (nSPS) is 17.9. The van der Waals surface area contributed by atoms with Crippen molar-refractivity contribution in [1.29, 1.82) is 5.26 Å². The maximum Gasteiger partial charge on any atom is 0.123 e. The molecule has 0 saturated heterocycles. The van der Waals surface area contributed by atoms with Crippen molar-refractivity contribution in [2.75, 3.05) is 0 Å². The van der Waals surface area contributed by atoms with Gasteiger partial charge < -0.3 is 5.11 Å². The zero-order valence-electron chi connectivity index (χ0n) is 10.5. The Morgan fingerprint density at radius 2 is 2.06 bits per heavy atom. The Morgan fingerprint density at radius 3 is 2.53 bits per heavy atom. The van der Waals surface area contributed by atoms with Crippen molar-refractivity contribution in [1.82, 2.24) is 0 Å². The summed E-state index contributed by atoms with van der Waals surface area (Å²) in [6, 6.07) is 8.28. The molecule has 0 aliphatic heterocycles. The number of nitriles is 1. The molecule has 3 heteroatoms. The van der Waals surface area contributed by atoms with Crippen molar-refractivity contribution < 1.29 is 9.50 Å². The summed E-state index contributed by atoms with van der Waals surface area (Å²) in [4.78, 5) is 0. The van der Waals surface area contributed by atoms with E-state index < -0.39 is 11.0 Å². The third kappa shape index (κ3) is 2.83. The van der Waals surface area contributed by atoms with Gasteiger partial charge in [0.05, 0.1) is 17.1 Å². The predicted octanol–water partition coefficient (Wildman–Crippen LogP) is 3.06. The summed E-state index contributed by atoms with van der Waals surface area (Å²) in [7, 11) is 0. The summed E-state index contributed by atoms with van der Waals surface area (Å²) in [5.41, 5.74) is -1.31. The molecule has 2 unspecified atom stereocenters. The molecule has 2 atom stereocenters. The molecular formula is C14H18FNO. The maximum atomic E-state index is 13.1. The number of rotatable bonds is 4. The van der Waals surface area contributed by atoms with Gasteiger partial charge in [0.15, 0.2) is 0 Å². The Balaban J connectivity index is 2.98. The monoisotopic (exact) mass is 235 g/mol. The van der Waals surface area contributed by atoms with Crippen LogP contribution in [0.25, 0.3) is 0 Å². The molecule has 0 saturated carbocycles. The van der Waals surface area contributed by atoms with Crippen LogP contribution in [0.5, 0.6) is 0 Å². The lowest BCUT2D eigenvalue weighted by Gasteiger charge is -2.37. The van der Waals surface area contributed by atoms with Crippen LogP contribution in [0.4, 0.5) is 4.39 Å². The Labute approximate surface area is 102 Å². The largest absolute Gasteiger partial charge is 0.388 e. The van der Waals surface area contributed by atoms with Gasteiger partial charge in [-0.3, -0.25) is 0 Å². The van der Waals surface area contributed by atoms with E-state index in [9.17, 15) is 9.50 Å². The second kappa shape index (κ2) is 4.85. The molecule has 0 aromatic heterocycles. The van der Waals surface area contributed by atoms with Crippen LogP contribution in [0.2, 0.25) is 0 Å². The summed E-state index contributed by atoms with van der Waals surface area (Å²) >= 11 is 0. The first kappa shape index (κ1) is 13.7. The van der Waals surface area contributed by atoms with Crippen LogP contribution in [0.3, 0.4) is 0 Å². The van der Waals surface area contributed by atoms with Gasteiger partial charge in [0.1, 0.15) is 5.82 Å². The Morgan fingerprint density at radius 1 is 1.41 bits per heavy atom. The number of hydrogen-bond acceptors (Lipinski definition) is 2. The number of benzene rings is 1. The van der Waals surface area contributed by atoms with Crippen molar-refractivity contribution >= 4 is 0 Å². The van der Waals surface area contributed by atoms with E-state index in [2.05, 4.69) is 6.07 Å². The average molecular weight is 235 g/mol. The van der Waals surface area contributed by atoms with E-state index in [0.717, 1.165) is 0 Å². The highest BCUT2D eigenvalue weighted by Crippen LogP contribution is 2.36. The zero-order chi connectivity index (χ0) is 13.1. The van der Waals surface area contributed by atoms with E-state index in [1.54, 1.807) is 26.0 Å². The molecule has 0 fully saturated rings. The maximum absolute atomic E-state index is 13.1. The van der Waals surface area contributed by atoms with Crippen LogP contribution in [0.1, 0.15) is 32.8 Å². The zero-order valence-corrected chi connectivity index (χ0v) is 10.5. The molecule has 1 aromatic rings. The van der Waals surface area contributed by atoms with Gasteiger partial charge in [-0.1, -0.05) is 19.1 Å². The fourth-order valence-electron chi connectivity index (χ4n) is 1.82. The molecule has 17 heavy (non-hydrogen) atoms. The summed E-state index contributed by atoms with van der Waals surface area (Å²) in [5, 5.41) is 19.6. The van der Waals surface area contributed by atoms with Crippen molar-refractivity contribution in [3.8, 4) is 6.07 Å². The molecular weight excluding hydrogens is 217 g/mol. The molecule has 0 radical (unpaired) electrons. The third-order valence-electron chi connectivity index (χ3n) is 3.58. The van der Waals surface area contributed by atoms with Gasteiger partial charge in [-0.2, -0.15) is 5.26 Å². The highest BCUT2D eigenvalue weighted by Gasteiger charge is 2.42. The predicted molar refractivity (Wildman–Crippen MR) is 64.7 cm³/mol. The van der Waals surface area contributed by atoms with E-state index in [4.69, 9.17) is 5.26 Å². The molecule has 0 amide bonds. The minimum Gasteiger partial charge on any atom is -0.388 e. The fraction of sp³-hybridized carbons (Fsp3) is 0.500.